The van der Waals surface area contributed by atoms with E-state index in [-0.39, 0.29) is 16.8 Å². The number of benzene rings is 1. The Balaban J connectivity index is 2.83. The fourth-order valence-electron chi connectivity index (χ4n) is 1.37. The highest BCUT2D eigenvalue weighted by molar-refractivity contribution is 7.89. The van der Waals surface area contributed by atoms with E-state index in [4.69, 9.17) is 10.9 Å². The Morgan fingerprint density at radius 3 is 2.11 bits per heavy atom. The third kappa shape index (κ3) is 3.80. The molecule has 0 aromatic heterocycles. The average molecular weight is 271 g/mol. The first kappa shape index (κ1) is 14.6. The molecule has 1 aromatic carbocycles. The molecule has 0 fully saturated rings. The van der Waals surface area contributed by atoms with Gasteiger partial charge in [-0.3, -0.25) is 4.79 Å². The minimum atomic E-state index is -3.69. The van der Waals surface area contributed by atoms with E-state index in [1.54, 1.807) is 26.0 Å². The Morgan fingerprint density at radius 2 is 1.72 bits per heavy atom. The minimum Gasteiger partial charge on any atom is -0.348 e. The number of hydrogen-bond acceptors (Lipinski definition) is 4. The molecule has 18 heavy (non-hydrogen) atoms. The summed E-state index contributed by atoms with van der Waals surface area (Å²) >= 11 is 0. The summed E-state index contributed by atoms with van der Waals surface area (Å²) in [6.45, 7) is 3.37. The van der Waals surface area contributed by atoms with Crippen LogP contribution in [0.15, 0.2) is 29.2 Å². The number of rotatable bonds is 4. The van der Waals surface area contributed by atoms with Crippen molar-refractivity contribution >= 4 is 15.9 Å². The number of amides is 1. The number of primary sulfonamides is 1. The van der Waals surface area contributed by atoms with Gasteiger partial charge in [0.1, 0.15) is 0 Å². The molecule has 0 aliphatic heterocycles. The standard InChI is InChI=1S/C11H17N3O3S/c1-7(12)11(15)14-8(2)9-3-5-10(6-4-9)18(13,16)17/h3-8H,12H2,1-2H3,(H,14,15)(H2,13,16,17)/t7-,8?/m1/s1. The summed E-state index contributed by atoms with van der Waals surface area (Å²) in [7, 11) is -3.69. The lowest BCUT2D eigenvalue weighted by atomic mass is 10.1. The molecule has 0 saturated carbocycles. The maximum absolute atomic E-state index is 11.4. The van der Waals surface area contributed by atoms with Crippen LogP contribution in [-0.4, -0.2) is 20.4 Å². The molecule has 0 bridgehead atoms. The SMILES string of the molecule is CC(NC(=O)[C@@H](C)N)c1ccc(S(N)(=O)=O)cc1. The summed E-state index contributed by atoms with van der Waals surface area (Å²) in [6.07, 6.45) is 0. The van der Waals surface area contributed by atoms with Gasteiger partial charge in [-0.15, -0.1) is 0 Å². The van der Waals surface area contributed by atoms with Crippen LogP contribution in [-0.2, 0) is 14.8 Å². The zero-order valence-electron chi connectivity index (χ0n) is 10.3. The number of nitrogens with one attached hydrogen (secondary N) is 1. The van der Waals surface area contributed by atoms with E-state index in [9.17, 15) is 13.2 Å². The number of hydrogen-bond donors (Lipinski definition) is 3. The summed E-state index contributed by atoms with van der Waals surface area (Å²) in [5, 5.41) is 7.70. The van der Waals surface area contributed by atoms with Crippen LogP contribution in [0.1, 0.15) is 25.5 Å². The van der Waals surface area contributed by atoms with Crippen molar-refractivity contribution in [2.75, 3.05) is 0 Å². The fourth-order valence-corrected chi connectivity index (χ4v) is 1.89. The molecular weight excluding hydrogens is 254 g/mol. The van der Waals surface area contributed by atoms with E-state index >= 15 is 0 Å². The van der Waals surface area contributed by atoms with Crippen LogP contribution in [0, 0.1) is 0 Å². The van der Waals surface area contributed by atoms with Crippen LogP contribution < -0.4 is 16.2 Å². The van der Waals surface area contributed by atoms with Crippen LogP contribution >= 0.6 is 0 Å². The molecule has 0 radical (unpaired) electrons. The number of carbonyl (C=O) groups excluding carboxylic acids is 1. The topological polar surface area (TPSA) is 115 Å². The van der Waals surface area contributed by atoms with Crippen molar-refractivity contribution in [2.45, 2.75) is 30.8 Å². The average Bonchev–Trinajstić information content (AvgIpc) is 2.27. The van der Waals surface area contributed by atoms with Gasteiger partial charge in [0, 0.05) is 0 Å². The van der Waals surface area contributed by atoms with E-state index in [1.807, 2.05) is 0 Å². The molecule has 0 spiro atoms. The van der Waals surface area contributed by atoms with Gasteiger partial charge in [0.05, 0.1) is 17.0 Å². The van der Waals surface area contributed by atoms with E-state index in [2.05, 4.69) is 5.32 Å². The van der Waals surface area contributed by atoms with E-state index in [1.165, 1.54) is 12.1 Å². The first-order chi connectivity index (χ1) is 8.21. The van der Waals surface area contributed by atoms with E-state index in [0.29, 0.717) is 0 Å². The van der Waals surface area contributed by atoms with Crippen molar-refractivity contribution in [3.63, 3.8) is 0 Å². The molecule has 7 heteroatoms. The molecule has 2 atom stereocenters. The number of carbonyl (C=O) groups is 1. The van der Waals surface area contributed by atoms with Gasteiger partial charge in [-0.1, -0.05) is 12.1 Å². The van der Waals surface area contributed by atoms with Gasteiger partial charge in [0.2, 0.25) is 15.9 Å². The lowest BCUT2D eigenvalue weighted by Gasteiger charge is -2.16. The number of sulfonamides is 1. The zero-order chi connectivity index (χ0) is 13.9. The van der Waals surface area contributed by atoms with Crippen molar-refractivity contribution in [3.05, 3.63) is 29.8 Å². The lowest BCUT2D eigenvalue weighted by Crippen LogP contribution is -2.39. The molecule has 1 amide bonds. The molecular formula is C11H17N3O3S. The Morgan fingerprint density at radius 1 is 1.22 bits per heavy atom. The maximum Gasteiger partial charge on any atom is 0.238 e. The van der Waals surface area contributed by atoms with Gasteiger partial charge in [0.25, 0.3) is 0 Å². The van der Waals surface area contributed by atoms with Crippen molar-refractivity contribution in [1.29, 1.82) is 0 Å². The van der Waals surface area contributed by atoms with Crippen LogP contribution in [0.4, 0.5) is 0 Å². The second-order valence-electron chi connectivity index (χ2n) is 4.13. The third-order valence-electron chi connectivity index (χ3n) is 2.48. The molecule has 1 rings (SSSR count). The van der Waals surface area contributed by atoms with Gasteiger partial charge in [-0.05, 0) is 31.5 Å². The highest BCUT2D eigenvalue weighted by Crippen LogP contribution is 2.15. The second kappa shape index (κ2) is 5.47. The Labute approximate surface area is 106 Å². The predicted octanol–water partition coefficient (Wildman–Crippen LogP) is -0.142. The van der Waals surface area contributed by atoms with Gasteiger partial charge in [0.15, 0.2) is 0 Å². The summed E-state index contributed by atoms with van der Waals surface area (Å²) in [5.41, 5.74) is 6.21. The quantitative estimate of drug-likeness (QED) is 0.706. The van der Waals surface area contributed by atoms with Crippen LogP contribution in [0.5, 0.6) is 0 Å². The van der Waals surface area contributed by atoms with Crippen LogP contribution in [0.3, 0.4) is 0 Å². The molecule has 0 saturated heterocycles. The molecule has 100 valence electrons. The van der Waals surface area contributed by atoms with Gasteiger partial charge >= 0.3 is 0 Å². The second-order valence-corrected chi connectivity index (χ2v) is 5.69. The molecule has 1 aromatic rings. The maximum atomic E-state index is 11.4. The van der Waals surface area contributed by atoms with Crippen molar-refractivity contribution in [2.24, 2.45) is 10.9 Å². The van der Waals surface area contributed by atoms with E-state index < -0.39 is 16.1 Å². The smallest absolute Gasteiger partial charge is 0.238 e. The van der Waals surface area contributed by atoms with Crippen molar-refractivity contribution in [1.82, 2.24) is 5.32 Å². The monoisotopic (exact) mass is 271 g/mol. The molecule has 0 aliphatic carbocycles. The first-order valence-corrected chi connectivity index (χ1v) is 6.95. The highest BCUT2D eigenvalue weighted by atomic mass is 32.2. The summed E-state index contributed by atoms with van der Waals surface area (Å²) in [6, 6.07) is 5.17. The molecule has 1 unspecified atom stereocenters. The first-order valence-electron chi connectivity index (χ1n) is 5.40. The number of nitrogens with two attached hydrogens (primary N) is 2. The molecule has 5 N–H and O–H groups in total. The predicted molar refractivity (Wildman–Crippen MR) is 68.0 cm³/mol. The molecule has 6 nitrogen and oxygen atoms in total. The zero-order valence-corrected chi connectivity index (χ0v) is 11.1. The van der Waals surface area contributed by atoms with E-state index in [0.717, 1.165) is 5.56 Å². The molecule has 0 aliphatic rings. The third-order valence-corrected chi connectivity index (χ3v) is 3.41. The van der Waals surface area contributed by atoms with Crippen LogP contribution in [0.2, 0.25) is 0 Å². The summed E-state index contributed by atoms with van der Waals surface area (Å²) in [4.78, 5) is 11.4. The fraction of sp³-hybridized carbons (Fsp3) is 0.364. The largest absolute Gasteiger partial charge is 0.348 e. The Hall–Kier alpha value is -1.44. The van der Waals surface area contributed by atoms with Gasteiger partial charge in [-0.25, -0.2) is 13.6 Å². The minimum absolute atomic E-state index is 0.0389. The lowest BCUT2D eigenvalue weighted by molar-refractivity contribution is -0.122. The summed E-state index contributed by atoms with van der Waals surface area (Å²) < 4.78 is 22.1. The van der Waals surface area contributed by atoms with Crippen LogP contribution in [0.25, 0.3) is 0 Å². The van der Waals surface area contributed by atoms with Crippen molar-refractivity contribution in [3.8, 4) is 0 Å². The van der Waals surface area contributed by atoms with Crippen molar-refractivity contribution < 1.29 is 13.2 Å². The summed E-state index contributed by atoms with van der Waals surface area (Å²) in [5.74, 6) is -0.266. The Bertz CT molecular complexity index is 523. The highest BCUT2D eigenvalue weighted by Gasteiger charge is 2.13. The molecule has 0 heterocycles. The van der Waals surface area contributed by atoms with Gasteiger partial charge < -0.3 is 11.1 Å². The Kier molecular flexibility index (Phi) is 4.44. The van der Waals surface area contributed by atoms with Gasteiger partial charge in [-0.2, -0.15) is 0 Å². The normalized spacial score (nSPS) is 14.9.